The number of hydrogen-bond donors (Lipinski definition) is 2. The second-order valence-electron chi connectivity index (χ2n) is 3.98. The molecule has 5 nitrogen and oxygen atoms in total. The van der Waals surface area contributed by atoms with Crippen molar-refractivity contribution in [3.63, 3.8) is 0 Å². The summed E-state index contributed by atoms with van der Waals surface area (Å²) < 4.78 is 65.5. The zero-order chi connectivity index (χ0) is 15.6. The van der Waals surface area contributed by atoms with Crippen molar-refractivity contribution >= 4 is 21.5 Å². The van der Waals surface area contributed by atoms with Crippen LogP contribution < -0.4 is 10.0 Å². The molecule has 0 unspecified atom stereocenters. The SMILES string of the molecule is CNc1cc(S(=O)(=O)Nc2cc(F)cc(F)c2F)ccn1. The highest BCUT2D eigenvalue weighted by Gasteiger charge is 2.19. The van der Waals surface area contributed by atoms with Gasteiger partial charge in [0, 0.05) is 31.4 Å². The van der Waals surface area contributed by atoms with Crippen molar-refractivity contribution in [3.8, 4) is 0 Å². The first-order chi connectivity index (χ1) is 9.83. The molecular weight excluding hydrogens is 307 g/mol. The van der Waals surface area contributed by atoms with Gasteiger partial charge >= 0.3 is 0 Å². The fraction of sp³-hybridized carbons (Fsp3) is 0.0833. The highest BCUT2D eigenvalue weighted by molar-refractivity contribution is 7.92. The molecule has 112 valence electrons. The summed E-state index contributed by atoms with van der Waals surface area (Å²) in [6.45, 7) is 0. The van der Waals surface area contributed by atoms with E-state index >= 15 is 0 Å². The van der Waals surface area contributed by atoms with Crippen LogP contribution in [0.15, 0.2) is 35.4 Å². The van der Waals surface area contributed by atoms with E-state index in [-0.39, 0.29) is 10.7 Å². The minimum atomic E-state index is -4.21. The molecule has 0 atom stereocenters. The molecule has 2 aromatic rings. The molecule has 1 aromatic heterocycles. The summed E-state index contributed by atoms with van der Waals surface area (Å²) in [6.07, 6.45) is 1.23. The Kier molecular flexibility index (Phi) is 4.03. The number of nitrogens with zero attached hydrogens (tertiary/aromatic N) is 1. The maximum absolute atomic E-state index is 13.5. The van der Waals surface area contributed by atoms with Crippen LogP contribution in [0.3, 0.4) is 0 Å². The molecule has 0 saturated carbocycles. The summed E-state index contributed by atoms with van der Waals surface area (Å²) in [5.74, 6) is -3.80. The van der Waals surface area contributed by atoms with Gasteiger partial charge in [0.05, 0.1) is 10.6 Å². The Morgan fingerprint density at radius 1 is 1.14 bits per heavy atom. The molecular formula is C12H10F3N3O2S. The molecule has 2 rings (SSSR count). The zero-order valence-electron chi connectivity index (χ0n) is 10.7. The fourth-order valence-electron chi connectivity index (χ4n) is 1.55. The number of halogens is 3. The molecule has 0 radical (unpaired) electrons. The van der Waals surface area contributed by atoms with Crippen molar-refractivity contribution in [1.82, 2.24) is 4.98 Å². The van der Waals surface area contributed by atoms with E-state index in [0.29, 0.717) is 12.1 Å². The van der Waals surface area contributed by atoms with E-state index in [1.165, 1.54) is 19.3 Å². The van der Waals surface area contributed by atoms with Crippen LogP contribution in [0.5, 0.6) is 0 Å². The molecule has 0 aliphatic carbocycles. The lowest BCUT2D eigenvalue weighted by Gasteiger charge is -2.10. The average molecular weight is 317 g/mol. The van der Waals surface area contributed by atoms with Crippen molar-refractivity contribution < 1.29 is 21.6 Å². The molecule has 0 aliphatic heterocycles. The summed E-state index contributed by atoms with van der Waals surface area (Å²) in [4.78, 5) is 3.60. The van der Waals surface area contributed by atoms with Gasteiger partial charge in [0.2, 0.25) is 0 Å². The van der Waals surface area contributed by atoms with E-state index in [1.54, 1.807) is 4.72 Å². The monoisotopic (exact) mass is 317 g/mol. The maximum atomic E-state index is 13.5. The minimum Gasteiger partial charge on any atom is -0.373 e. The minimum absolute atomic E-state index is 0.231. The Morgan fingerprint density at radius 2 is 1.86 bits per heavy atom. The number of rotatable bonds is 4. The lowest BCUT2D eigenvalue weighted by molar-refractivity contribution is 0.498. The standard InChI is InChI=1S/C12H10F3N3O2S/c1-16-11-6-8(2-3-17-11)21(19,20)18-10-5-7(13)4-9(14)12(10)15/h2-6,18H,1H3,(H,16,17). The van der Waals surface area contributed by atoms with Crippen LogP contribution in [0.1, 0.15) is 0 Å². The molecule has 9 heteroatoms. The van der Waals surface area contributed by atoms with Crippen molar-refractivity contribution in [2.24, 2.45) is 0 Å². The molecule has 0 aliphatic rings. The summed E-state index contributed by atoms with van der Waals surface area (Å²) in [6, 6.07) is 3.22. The third-order valence-corrected chi connectivity index (χ3v) is 3.90. The highest BCUT2D eigenvalue weighted by Crippen LogP contribution is 2.23. The second-order valence-corrected chi connectivity index (χ2v) is 5.66. The Morgan fingerprint density at radius 3 is 2.52 bits per heavy atom. The molecule has 2 N–H and O–H groups in total. The van der Waals surface area contributed by atoms with Crippen LogP contribution in [0.2, 0.25) is 0 Å². The molecule has 0 spiro atoms. The predicted octanol–water partition coefficient (Wildman–Crippen LogP) is 2.34. The van der Waals surface area contributed by atoms with E-state index in [4.69, 9.17) is 0 Å². The number of nitrogens with one attached hydrogen (secondary N) is 2. The van der Waals surface area contributed by atoms with Crippen molar-refractivity contribution in [2.45, 2.75) is 4.90 Å². The van der Waals surface area contributed by atoms with E-state index in [9.17, 15) is 21.6 Å². The first-order valence-corrected chi connectivity index (χ1v) is 7.13. The highest BCUT2D eigenvalue weighted by atomic mass is 32.2. The van der Waals surface area contributed by atoms with Crippen molar-refractivity contribution in [3.05, 3.63) is 47.9 Å². The van der Waals surface area contributed by atoms with E-state index < -0.39 is 33.2 Å². The lowest BCUT2D eigenvalue weighted by atomic mass is 10.3. The third kappa shape index (κ3) is 3.24. The Labute approximate surface area is 118 Å². The maximum Gasteiger partial charge on any atom is 0.262 e. The van der Waals surface area contributed by atoms with E-state index in [0.717, 1.165) is 6.07 Å². The fourth-order valence-corrected chi connectivity index (χ4v) is 2.61. The third-order valence-electron chi connectivity index (χ3n) is 2.54. The Hall–Kier alpha value is -2.29. The first kappa shape index (κ1) is 15.1. The number of sulfonamides is 1. The largest absolute Gasteiger partial charge is 0.373 e. The molecule has 0 amide bonds. The molecule has 1 aromatic carbocycles. The summed E-state index contributed by atoms with van der Waals surface area (Å²) in [5, 5.41) is 2.64. The summed E-state index contributed by atoms with van der Waals surface area (Å²) >= 11 is 0. The Balaban J connectivity index is 2.42. The lowest BCUT2D eigenvalue weighted by Crippen LogP contribution is -2.15. The molecule has 0 saturated heterocycles. The van der Waals surface area contributed by atoms with Gasteiger partial charge in [-0.1, -0.05) is 0 Å². The van der Waals surface area contributed by atoms with Gasteiger partial charge in [0.25, 0.3) is 10.0 Å². The molecule has 0 fully saturated rings. The summed E-state index contributed by atoms with van der Waals surface area (Å²) in [5.41, 5.74) is -0.810. The number of pyridine rings is 1. The van der Waals surface area contributed by atoms with Crippen molar-refractivity contribution in [1.29, 1.82) is 0 Å². The van der Waals surface area contributed by atoms with Gasteiger partial charge in [-0.05, 0) is 6.07 Å². The smallest absolute Gasteiger partial charge is 0.262 e. The van der Waals surface area contributed by atoms with Crippen LogP contribution in [0, 0.1) is 17.5 Å². The molecule has 21 heavy (non-hydrogen) atoms. The molecule has 0 bridgehead atoms. The second kappa shape index (κ2) is 5.60. The number of benzene rings is 1. The quantitative estimate of drug-likeness (QED) is 0.849. The van der Waals surface area contributed by atoms with Gasteiger partial charge in [0.1, 0.15) is 11.6 Å². The topological polar surface area (TPSA) is 71.1 Å². The van der Waals surface area contributed by atoms with E-state index in [2.05, 4.69) is 10.3 Å². The molecule has 1 heterocycles. The van der Waals surface area contributed by atoms with Gasteiger partial charge in [-0.2, -0.15) is 0 Å². The van der Waals surface area contributed by atoms with Gasteiger partial charge in [-0.15, -0.1) is 0 Å². The first-order valence-electron chi connectivity index (χ1n) is 5.64. The van der Waals surface area contributed by atoms with E-state index in [1.807, 2.05) is 0 Å². The Bertz CT molecular complexity index is 781. The van der Waals surface area contributed by atoms with Crippen LogP contribution >= 0.6 is 0 Å². The normalized spacial score (nSPS) is 11.2. The number of aromatic nitrogens is 1. The van der Waals surface area contributed by atoms with Crippen LogP contribution in [0.4, 0.5) is 24.7 Å². The zero-order valence-corrected chi connectivity index (χ0v) is 11.5. The number of anilines is 2. The summed E-state index contributed by atoms with van der Waals surface area (Å²) in [7, 11) is -2.67. The van der Waals surface area contributed by atoms with Gasteiger partial charge in [0.15, 0.2) is 11.6 Å². The van der Waals surface area contributed by atoms with Crippen LogP contribution in [0.25, 0.3) is 0 Å². The van der Waals surface area contributed by atoms with Crippen molar-refractivity contribution in [2.75, 3.05) is 17.1 Å². The average Bonchev–Trinajstić information content (AvgIpc) is 2.44. The van der Waals surface area contributed by atoms with Gasteiger partial charge < -0.3 is 5.32 Å². The number of hydrogen-bond acceptors (Lipinski definition) is 4. The predicted molar refractivity (Wildman–Crippen MR) is 70.9 cm³/mol. The van der Waals surface area contributed by atoms with Crippen LogP contribution in [-0.4, -0.2) is 20.4 Å². The van der Waals surface area contributed by atoms with Gasteiger partial charge in [-0.3, -0.25) is 4.72 Å². The van der Waals surface area contributed by atoms with Crippen LogP contribution in [-0.2, 0) is 10.0 Å². The van der Waals surface area contributed by atoms with Gasteiger partial charge in [-0.25, -0.2) is 26.6 Å².